The molecule has 3 atom stereocenters. The second-order valence-corrected chi connectivity index (χ2v) is 6.81. The molecule has 0 heterocycles. The highest BCUT2D eigenvalue weighted by Gasteiger charge is 2.33. The van der Waals surface area contributed by atoms with Gasteiger partial charge in [-0.15, -0.1) is 0 Å². The van der Waals surface area contributed by atoms with E-state index in [1.54, 1.807) is 0 Å². The number of carbonyl (C=O) groups is 2. The van der Waals surface area contributed by atoms with E-state index in [1.807, 2.05) is 20.8 Å². The summed E-state index contributed by atoms with van der Waals surface area (Å²) in [6, 6.07) is -1.08. The lowest BCUT2D eigenvalue weighted by Gasteiger charge is -2.33. The minimum atomic E-state index is -0.997. The molecule has 0 bridgehead atoms. The fourth-order valence-corrected chi connectivity index (χ4v) is 2.88. The Hall–Kier alpha value is -1.26. The van der Waals surface area contributed by atoms with Crippen LogP contribution >= 0.6 is 0 Å². The van der Waals surface area contributed by atoms with Crippen LogP contribution in [-0.2, 0) is 4.79 Å². The largest absolute Gasteiger partial charge is 0.480 e. The average molecular weight is 284 g/mol. The summed E-state index contributed by atoms with van der Waals surface area (Å²) >= 11 is 0. The Bertz CT molecular complexity index is 350. The van der Waals surface area contributed by atoms with Gasteiger partial charge in [0.05, 0.1) is 0 Å². The normalized spacial score (nSPS) is 24.8. The van der Waals surface area contributed by atoms with E-state index in [-0.39, 0.29) is 12.1 Å². The second-order valence-electron chi connectivity index (χ2n) is 6.81. The van der Waals surface area contributed by atoms with Crippen LogP contribution in [0.2, 0.25) is 0 Å². The van der Waals surface area contributed by atoms with E-state index in [0.29, 0.717) is 5.92 Å². The van der Waals surface area contributed by atoms with Crippen molar-refractivity contribution >= 4 is 12.0 Å². The molecule has 3 N–H and O–H groups in total. The first-order valence-electron chi connectivity index (χ1n) is 7.55. The number of nitrogens with one attached hydrogen (secondary N) is 2. The van der Waals surface area contributed by atoms with Gasteiger partial charge in [-0.2, -0.15) is 0 Å². The summed E-state index contributed by atoms with van der Waals surface area (Å²) in [6.45, 7) is 7.56. The number of aliphatic carboxylic acids is 1. The van der Waals surface area contributed by atoms with Gasteiger partial charge in [0, 0.05) is 6.04 Å². The minimum Gasteiger partial charge on any atom is -0.480 e. The zero-order valence-electron chi connectivity index (χ0n) is 13.0. The number of hydrogen-bond donors (Lipinski definition) is 3. The van der Waals surface area contributed by atoms with E-state index in [4.69, 9.17) is 0 Å². The van der Waals surface area contributed by atoms with Crippen molar-refractivity contribution < 1.29 is 14.7 Å². The Balaban J connectivity index is 2.59. The van der Waals surface area contributed by atoms with Gasteiger partial charge in [-0.3, -0.25) is 0 Å². The third-order valence-corrected chi connectivity index (χ3v) is 4.14. The van der Waals surface area contributed by atoms with Crippen LogP contribution in [0.5, 0.6) is 0 Å². The van der Waals surface area contributed by atoms with Gasteiger partial charge in [0.2, 0.25) is 0 Å². The highest BCUT2D eigenvalue weighted by molar-refractivity contribution is 5.83. The highest BCUT2D eigenvalue weighted by Crippen LogP contribution is 2.27. The lowest BCUT2D eigenvalue weighted by atomic mass is 9.83. The lowest BCUT2D eigenvalue weighted by Crippen LogP contribution is -2.55. The SMILES string of the molecule is CCC1CCCCC1NC(=O)NC(C(=O)O)C(C)(C)C. The van der Waals surface area contributed by atoms with Crippen LogP contribution in [-0.4, -0.2) is 29.2 Å². The molecule has 0 aliphatic heterocycles. The number of amides is 2. The summed E-state index contributed by atoms with van der Waals surface area (Å²) in [5.41, 5.74) is -0.514. The van der Waals surface area contributed by atoms with Crippen molar-refractivity contribution in [2.24, 2.45) is 11.3 Å². The fourth-order valence-electron chi connectivity index (χ4n) is 2.88. The van der Waals surface area contributed by atoms with Gasteiger partial charge in [-0.25, -0.2) is 9.59 Å². The van der Waals surface area contributed by atoms with Gasteiger partial charge in [0.1, 0.15) is 6.04 Å². The number of carboxylic acids is 1. The zero-order chi connectivity index (χ0) is 15.3. The van der Waals surface area contributed by atoms with Crippen molar-refractivity contribution in [1.82, 2.24) is 10.6 Å². The molecule has 0 radical (unpaired) electrons. The summed E-state index contributed by atoms with van der Waals surface area (Å²) < 4.78 is 0. The van der Waals surface area contributed by atoms with Crippen molar-refractivity contribution in [1.29, 1.82) is 0 Å². The zero-order valence-corrected chi connectivity index (χ0v) is 13.0. The van der Waals surface area contributed by atoms with Crippen LogP contribution in [0.3, 0.4) is 0 Å². The van der Waals surface area contributed by atoms with Crippen molar-refractivity contribution in [2.75, 3.05) is 0 Å². The van der Waals surface area contributed by atoms with Crippen molar-refractivity contribution in [3.8, 4) is 0 Å². The monoisotopic (exact) mass is 284 g/mol. The molecular weight excluding hydrogens is 256 g/mol. The van der Waals surface area contributed by atoms with Crippen LogP contribution in [0, 0.1) is 11.3 Å². The second kappa shape index (κ2) is 6.95. The van der Waals surface area contributed by atoms with Gasteiger partial charge in [0.15, 0.2) is 0 Å². The van der Waals surface area contributed by atoms with E-state index < -0.39 is 17.4 Å². The molecule has 3 unspecified atom stereocenters. The van der Waals surface area contributed by atoms with Gasteiger partial charge >= 0.3 is 12.0 Å². The van der Waals surface area contributed by atoms with Crippen molar-refractivity contribution in [3.05, 3.63) is 0 Å². The molecule has 1 fully saturated rings. The van der Waals surface area contributed by atoms with Crippen LogP contribution < -0.4 is 10.6 Å². The van der Waals surface area contributed by atoms with Gasteiger partial charge in [-0.1, -0.05) is 47.0 Å². The van der Waals surface area contributed by atoms with E-state index in [0.717, 1.165) is 25.7 Å². The molecule has 0 aromatic heterocycles. The Morgan fingerprint density at radius 3 is 2.35 bits per heavy atom. The molecule has 0 saturated heterocycles. The third-order valence-electron chi connectivity index (χ3n) is 4.14. The van der Waals surface area contributed by atoms with Gasteiger partial charge in [0.25, 0.3) is 0 Å². The smallest absolute Gasteiger partial charge is 0.326 e. The average Bonchev–Trinajstić information content (AvgIpc) is 2.35. The number of carboxylic acid groups (broad SMARTS) is 1. The summed E-state index contributed by atoms with van der Waals surface area (Å²) in [6.07, 6.45) is 5.52. The molecule has 0 aromatic rings. The Kier molecular flexibility index (Phi) is 5.84. The van der Waals surface area contributed by atoms with E-state index in [9.17, 15) is 14.7 Å². The molecule has 5 nitrogen and oxygen atoms in total. The van der Waals surface area contributed by atoms with Gasteiger partial charge in [-0.05, 0) is 24.2 Å². The number of hydrogen-bond acceptors (Lipinski definition) is 2. The van der Waals surface area contributed by atoms with Crippen LogP contribution in [0.15, 0.2) is 0 Å². The first-order chi connectivity index (χ1) is 9.25. The summed E-state index contributed by atoms with van der Waals surface area (Å²) in [4.78, 5) is 23.3. The molecule has 1 rings (SSSR count). The Labute approximate surface area is 121 Å². The maximum atomic E-state index is 12.0. The predicted octanol–water partition coefficient (Wildman–Crippen LogP) is 2.75. The molecule has 5 heteroatoms. The first-order valence-corrected chi connectivity index (χ1v) is 7.55. The Morgan fingerprint density at radius 1 is 1.25 bits per heavy atom. The maximum absolute atomic E-state index is 12.0. The summed E-state index contributed by atoms with van der Waals surface area (Å²) in [7, 11) is 0. The fraction of sp³-hybridized carbons (Fsp3) is 0.867. The number of carbonyl (C=O) groups excluding carboxylic acids is 1. The molecule has 116 valence electrons. The molecule has 1 saturated carbocycles. The molecule has 20 heavy (non-hydrogen) atoms. The van der Waals surface area contributed by atoms with Crippen LogP contribution in [0.1, 0.15) is 59.8 Å². The van der Waals surface area contributed by atoms with Crippen LogP contribution in [0.25, 0.3) is 0 Å². The molecule has 2 amide bonds. The standard InChI is InChI=1S/C15H28N2O3/c1-5-10-8-6-7-9-11(10)16-14(20)17-12(13(18)19)15(2,3)4/h10-12H,5-9H2,1-4H3,(H,18,19)(H2,16,17,20). The molecule has 0 aromatic carbocycles. The van der Waals surface area contributed by atoms with Crippen molar-refractivity contribution in [3.63, 3.8) is 0 Å². The number of urea groups is 1. The molecule has 1 aliphatic carbocycles. The maximum Gasteiger partial charge on any atom is 0.326 e. The predicted molar refractivity (Wildman–Crippen MR) is 78.6 cm³/mol. The van der Waals surface area contributed by atoms with Crippen molar-refractivity contribution in [2.45, 2.75) is 71.9 Å². The Morgan fingerprint density at radius 2 is 1.85 bits per heavy atom. The topological polar surface area (TPSA) is 78.4 Å². The summed E-state index contributed by atoms with van der Waals surface area (Å²) in [5, 5.41) is 14.8. The molecular formula is C15H28N2O3. The highest BCUT2D eigenvalue weighted by atomic mass is 16.4. The third kappa shape index (κ3) is 4.69. The van der Waals surface area contributed by atoms with E-state index >= 15 is 0 Å². The molecule has 0 spiro atoms. The first kappa shape index (κ1) is 16.8. The number of rotatable bonds is 4. The van der Waals surface area contributed by atoms with E-state index in [2.05, 4.69) is 17.6 Å². The van der Waals surface area contributed by atoms with Gasteiger partial charge < -0.3 is 15.7 Å². The van der Waals surface area contributed by atoms with E-state index in [1.165, 1.54) is 6.42 Å². The lowest BCUT2D eigenvalue weighted by molar-refractivity contribution is -0.141. The quantitative estimate of drug-likeness (QED) is 0.742. The van der Waals surface area contributed by atoms with Crippen LogP contribution in [0.4, 0.5) is 4.79 Å². The molecule has 1 aliphatic rings. The minimum absolute atomic E-state index is 0.170. The summed E-state index contributed by atoms with van der Waals surface area (Å²) in [5.74, 6) is -0.490.